The van der Waals surface area contributed by atoms with Crippen LogP contribution >= 0.6 is 0 Å². The highest BCUT2D eigenvalue weighted by Crippen LogP contribution is 2.16. The monoisotopic (exact) mass is 353 g/mol. The number of carbonyl (C=O) groups is 2. The fraction of sp³-hybridized carbons (Fsp3) is 0. The molecule has 0 amide bonds. The van der Waals surface area contributed by atoms with Crippen molar-refractivity contribution in [3.8, 4) is 17.6 Å². The van der Waals surface area contributed by atoms with Crippen molar-refractivity contribution in [2.75, 3.05) is 0 Å². The minimum Gasteiger partial charge on any atom is -0.508 e. The van der Waals surface area contributed by atoms with Gasteiger partial charge in [-0.1, -0.05) is 30.3 Å². The number of phenolic OH excluding ortho intramolecular Hbond substituents is 2. The van der Waals surface area contributed by atoms with E-state index in [0.29, 0.717) is 11.1 Å². The molecule has 0 aromatic heterocycles. The van der Waals surface area contributed by atoms with Gasteiger partial charge in [-0.05, 0) is 35.9 Å². The summed E-state index contributed by atoms with van der Waals surface area (Å²) in [6.07, 6.45) is 3.56. The number of hydrogen-bond acceptors (Lipinski definition) is 5. The summed E-state index contributed by atoms with van der Waals surface area (Å²) < 4.78 is 0. The average molecular weight is 353 g/mol. The molecule has 7 heteroatoms. The smallest absolute Gasteiger partial charge is 0.346 e. The van der Waals surface area contributed by atoms with Gasteiger partial charge in [0.15, 0.2) is 0 Å². The molecular formula is C19H15NO6. The molecule has 2 rings (SSSR count). The van der Waals surface area contributed by atoms with Gasteiger partial charge in [0.05, 0.1) is 0 Å². The van der Waals surface area contributed by atoms with Crippen LogP contribution in [-0.2, 0) is 9.59 Å². The van der Waals surface area contributed by atoms with Gasteiger partial charge >= 0.3 is 11.9 Å². The molecule has 7 nitrogen and oxygen atoms in total. The van der Waals surface area contributed by atoms with Crippen molar-refractivity contribution in [1.29, 1.82) is 5.26 Å². The molecule has 0 aliphatic carbocycles. The van der Waals surface area contributed by atoms with Gasteiger partial charge in [-0.3, -0.25) is 0 Å². The summed E-state index contributed by atoms with van der Waals surface area (Å²) in [5.41, 5.74) is 0.720. The number of benzene rings is 2. The first-order valence-corrected chi connectivity index (χ1v) is 7.16. The zero-order valence-electron chi connectivity index (χ0n) is 13.4. The highest BCUT2D eigenvalue weighted by Gasteiger charge is 2.04. The number of nitriles is 1. The molecular weight excluding hydrogens is 338 g/mol. The maximum absolute atomic E-state index is 10.5. The molecule has 2 aromatic carbocycles. The topological polar surface area (TPSA) is 139 Å². The molecule has 4 N–H and O–H groups in total. The number of aromatic hydroxyl groups is 2. The number of aliphatic carboxylic acids is 2. The number of carboxylic acids is 2. The number of para-hydroxylation sites is 1. The third kappa shape index (κ3) is 7.02. The van der Waals surface area contributed by atoms with Crippen LogP contribution in [0.15, 0.2) is 60.2 Å². The first-order chi connectivity index (χ1) is 12.3. The van der Waals surface area contributed by atoms with Crippen LogP contribution in [0.3, 0.4) is 0 Å². The lowest BCUT2D eigenvalue weighted by atomic mass is 10.1. The highest BCUT2D eigenvalue weighted by atomic mass is 16.4. The van der Waals surface area contributed by atoms with Crippen LogP contribution in [0.4, 0.5) is 0 Å². The summed E-state index contributed by atoms with van der Waals surface area (Å²) in [7, 11) is 0. The van der Waals surface area contributed by atoms with Crippen molar-refractivity contribution >= 4 is 24.1 Å². The first-order valence-electron chi connectivity index (χ1n) is 7.16. The van der Waals surface area contributed by atoms with Crippen LogP contribution in [0.25, 0.3) is 12.2 Å². The predicted octanol–water partition coefficient (Wildman–Crippen LogP) is 2.87. The lowest BCUT2D eigenvalue weighted by Crippen LogP contribution is -1.97. The average Bonchev–Trinajstić information content (AvgIpc) is 2.60. The van der Waals surface area contributed by atoms with Gasteiger partial charge in [0, 0.05) is 11.6 Å². The van der Waals surface area contributed by atoms with Gasteiger partial charge in [0.2, 0.25) is 0 Å². The van der Waals surface area contributed by atoms with E-state index < -0.39 is 11.9 Å². The predicted molar refractivity (Wildman–Crippen MR) is 94.1 cm³/mol. The summed E-state index contributed by atoms with van der Waals surface area (Å²) in [5, 5.41) is 43.4. The van der Waals surface area contributed by atoms with Gasteiger partial charge in [0.25, 0.3) is 0 Å². The van der Waals surface area contributed by atoms with Gasteiger partial charge in [-0.2, -0.15) is 5.26 Å². The maximum atomic E-state index is 10.5. The zero-order valence-corrected chi connectivity index (χ0v) is 13.4. The Morgan fingerprint density at radius 3 is 2.08 bits per heavy atom. The molecule has 0 heterocycles. The number of hydrogen-bond donors (Lipinski definition) is 4. The highest BCUT2D eigenvalue weighted by molar-refractivity contribution is 5.96. The second-order valence-corrected chi connectivity index (χ2v) is 4.80. The molecule has 0 unspecified atom stereocenters. The van der Waals surface area contributed by atoms with Gasteiger partial charge in [0.1, 0.15) is 23.1 Å². The standard InChI is InChI=1S/C10H7NO3.C9H8O3/c11-6-8(10(13)14)5-7-1-3-9(12)4-2-7;10-8-4-2-1-3-7(8)5-6-9(11)12/h1-5,12H,(H,13,14);1-6,10H,(H,11,12)/b8-5+;6-5+. The van der Waals surface area contributed by atoms with Crippen LogP contribution in [0.5, 0.6) is 11.5 Å². The van der Waals surface area contributed by atoms with Gasteiger partial charge in [-0.25, -0.2) is 9.59 Å². The summed E-state index contributed by atoms with van der Waals surface area (Å²) in [6, 6.07) is 14.0. The molecule has 0 radical (unpaired) electrons. The third-order valence-electron chi connectivity index (χ3n) is 2.90. The van der Waals surface area contributed by atoms with E-state index in [0.717, 1.165) is 6.08 Å². The van der Waals surface area contributed by atoms with Crippen LogP contribution in [0.2, 0.25) is 0 Å². The van der Waals surface area contributed by atoms with Crippen LogP contribution in [-0.4, -0.2) is 32.4 Å². The Morgan fingerprint density at radius 1 is 0.962 bits per heavy atom. The number of rotatable bonds is 4. The Hall–Kier alpha value is -4.05. The zero-order chi connectivity index (χ0) is 19.5. The molecule has 0 atom stereocenters. The van der Waals surface area contributed by atoms with E-state index in [1.807, 2.05) is 0 Å². The Labute approximate surface area is 149 Å². The lowest BCUT2D eigenvalue weighted by Gasteiger charge is -1.95. The Kier molecular flexibility index (Phi) is 7.65. The quantitative estimate of drug-likeness (QED) is 0.489. The summed E-state index contributed by atoms with van der Waals surface area (Å²) in [4.78, 5) is 20.6. The summed E-state index contributed by atoms with van der Waals surface area (Å²) >= 11 is 0. The Morgan fingerprint density at radius 2 is 1.58 bits per heavy atom. The fourth-order valence-electron chi connectivity index (χ4n) is 1.67. The van der Waals surface area contributed by atoms with Gasteiger partial charge < -0.3 is 20.4 Å². The van der Waals surface area contributed by atoms with Crippen molar-refractivity contribution in [1.82, 2.24) is 0 Å². The lowest BCUT2D eigenvalue weighted by molar-refractivity contribution is -0.132. The fourth-order valence-corrected chi connectivity index (χ4v) is 1.67. The molecule has 132 valence electrons. The number of phenols is 2. The minimum absolute atomic E-state index is 0.0787. The SMILES string of the molecule is N#C/C(=C\c1ccc(O)cc1)C(=O)O.O=C(O)/C=C/c1ccccc1O. The second kappa shape index (κ2) is 9.95. The summed E-state index contributed by atoms with van der Waals surface area (Å²) in [5.74, 6) is -2.12. The van der Waals surface area contributed by atoms with Crippen molar-refractivity contribution in [3.05, 3.63) is 71.3 Å². The molecule has 0 aliphatic heterocycles. The van der Waals surface area contributed by atoms with E-state index in [2.05, 4.69) is 0 Å². The molecule has 0 fully saturated rings. The van der Waals surface area contributed by atoms with E-state index in [4.69, 9.17) is 20.6 Å². The third-order valence-corrected chi connectivity index (χ3v) is 2.90. The minimum atomic E-state index is -1.26. The van der Waals surface area contributed by atoms with E-state index in [-0.39, 0.29) is 17.1 Å². The largest absolute Gasteiger partial charge is 0.508 e. The Balaban J connectivity index is 0.000000263. The van der Waals surface area contributed by atoms with Crippen LogP contribution in [0.1, 0.15) is 11.1 Å². The number of nitrogens with zero attached hydrogens (tertiary/aromatic N) is 1. The number of carboxylic acid groups (broad SMARTS) is 2. The van der Waals surface area contributed by atoms with Crippen molar-refractivity contribution < 1.29 is 30.0 Å². The maximum Gasteiger partial charge on any atom is 0.346 e. The molecule has 0 saturated heterocycles. The summed E-state index contributed by atoms with van der Waals surface area (Å²) in [6.45, 7) is 0. The van der Waals surface area contributed by atoms with E-state index in [1.165, 1.54) is 42.5 Å². The molecule has 26 heavy (non-hydrogen) atoms. The van der Waals surface area contributed by atoms with Gasteiger partial charge in [-0.15, -0.1) is 0 Å². The van der Waals surface area contributed by atoms with Crippen molar-refractivity contribution in [2.45, 2.75) is 0 Å². The molecule has 0 saturated carbocycles. The molecule has 2 aromatic rings. The van der Waals surface area contributed by atoms with E-state index in [1.54, 1.807) is 24.3 Å². The molecule has 0 bridgehead atoms. The second-order valence-electron chi connectivity index (χ2n) is 4.80. The normalized spacial score (nSPS) is 10.5. The van der Waals surface area contributed by atoms with Crippen LogP contribution < -0.4 is 0 Å². The Bertz CT molecular complexity index is 876. The van der Waals surface area contributed by atoms with Crippen LogP contribution in [0, 0.1) is 11.3 Å². The first kappa shape index (κ1) is 20.0. The molecule has 0 spiro atoms. The molecule has 0 aliphatic rings. The van der Waals surface area contributed by atoms with Crippen molar-refractivity contribution in [2.24, 2.45) is 0 Å². The van der Waals surface area contributed by atoms with Crippen molar-refractivity contribution in [3.63, 3.8) is 0 Å². The van der Waals surface area contributed by atoms with E-state index >= 15 is 0 Å². The van der Waals surface area contributed by atoms with E-state index in [9.17, 15) is 14.7 Å².